The lowest BCUT2D eigenvalue weighted by molar-refractivity contribution is 0.795. The fourth-order valence-electron chi connectivity index (χ4n) is 6.38. The van der Waals surface area contributed by atoms with Crippen molar-refractivity contribution in [2.45, 2.75) is 0 Å². The van der Waals surface area contributed by atoms with Gasteiger partial charge in [0.1, 0.15) is 0 Å². The maximum atomic E-state index is 12.8. The molecule has 6 nitrogen and oxygen atoms in total. The van der Waals surface area contributed by atoms with E-state index in [4.69, 9.17) is 15.0 Å². The predicted octanol–water partition coefficient (Wildman–Crippen LogP) is 9.06. The zero-order valence-electron chi connectivity index (χ0n) is 26.6. The van der Waals surface area contributed by atoms with Crippen LogP contribution in [0.3, 0.4) is 0 Å². The van der Waals surface area contributed by atoms with E-state index in [1.807, 2.05) is 79.8 Å². The van der Waals surface area contributed by atoms with Crippen LogP contribution in [-0.2, 0) is 14.1 Å². The van der Waals surface area contributed by atoms with E-state index in [-0.39, 0.29) is 5.69 Å². The van der Waals surface area contributed by atoms with E-state index in [0.717, 1.165) is 61.1 Å². The van der Waals surface area contributed by atoms with Gasteiger partial charge in [-0.15, -0.1) is 0 Å². The average Bonchev–Trinajstić information content (AvgIpc) is 3.39. The quantitative estimate of drug-likeness (QED) is 0.186. The van der Waals surface area contributed by atoms with Gasteiger partial charge < -0.3 is 0 Å². The van der Waals surface area contributed by atoms with Crippen LogP contribution in [-0.4, -0.2) is 24.1 Å². The number of benzene rings is 6. The van der Waals surface area contributed by atoms with E-state index in [2.05, 4.69) is 78.9 Å². The first kappa shape index (κ1) is 29.0. The van der Waals surface area contributed by atoms with Gasteiger partial charge in [0.2, 0.25) is 0 Å². The Morgan fingerprint density at radius 1 is 0.396 bits per heavy atom. The predicted molar refractivity (Wildman–Crippen MR) is 194 cm³/mol. The third kappa shape index (κ3) is 5.19. The normalized spacial score (nSPS) is 11.2. The second-order valence-corrected chi connectivity index (χ2v) is 11.8. The first-order valence-electron chi connectivity index (χ1n) is 15.9. The topological polar surface area (TPSA) is 65.6 Å². The first-order chi connectivity index (χ1) is 23.5. The molecule has 0 saturated carbocycles. The molecule has 48 heavy (non-hydrogen) atoms. The van der Waals surface area contributed by atoms with Gasteiger partial charge in [0, 0.05) is 36.3 Å². The van der Waals surface area contributed by atoms with Gasteiger partial charge in [0.05, 0.1) is 11.0 Å². The van der Waals surface area contributed by atoms with Crippen LogP contribution in [0.4, 0.5) is 0 Å². The molecule has 6 heteroatoms. The Kier molecular flexibility index (Phi) is 7.31. The molecule has 2 aromatic heterocycles. The summed E-state index contributed by atoms with van der Waals surface area (Å²) in [5.74, 6) is 1.76. The third-order valence-electron chi connectivity index (χ3n) is 8.86. The summed E-state index contributed by atoms with van der Waals surface area (Å²) in [5.41, 5.74) is 10.7. The van der Waals surface area contributed by atoms with Gasteiger partial charge in [-0.3, -0.25) is 9.13 Å². The Balaban J connectivity index is 1.30. The molecule has 0 radical (unpaired) electrons. The minimum Gasteiger partial charge on any atom is -0.295 e. The van der Waals surface area contributed by atoms with Crippen molar-refractivity contribution in [3.05, 3.63) is 162 Å². The molecule has 0 bridgehead atoms. The summed E-state index contributed by atoms with van der Waals surface area (Å²) in [6.07, 6.45) is 0. The smallest absolute Gasteiger partial charge is 0.295 e. The highest BCUT2D eigenvalue weighted by molar-refractivity contribution is 5.93. The Morgan fingerprint density at radius 2 is 0.896 bits per heavy atom. The zero-order chi connectivity index (χ0) is 32.6. The van der Waals surface area contributed by atoms with Crippen molar-refractivity contribution in [1.29, 1.82) is 0 Å². The number of fused-ring (bicyclic) bond motifs is 1. The molecule has 0 aliphatic rings. The molecule has 230 valence electrons. The molecule has 0 N–H and O–H groups in total. The SMILES string of the molecule is Cn1c(=O)n(C)c2c(-c3cccc(-c4nc(-c5ccc(-c6ccccc6)cc5)nc(-c5ccccc5-c5ccccc5)n4)c3)cccc21. The van der Waals surface area contributed by atoms with Gasteiger partial charge in [-0.05, 0) is 39.9 Å². The lowest BCUT2D eigenvalue weighted by Gasteiger charge is -2.13. The number of para-hydroxylation sites is 1. The number of nitrogens with zero attached hydrogens (tertiary/aromatic N) is 5. The number of hydrogen-bond donors (Lipinski definition) is 0. The minimum atomic E-state index is -0.0595. The fraction of sp³-hybridized carbons (Fsp3) is 0.0476. The molecule has 0 fully saturated rings. The van der Waals surface area contributed by atoms with Crippen LogP contribution in [0, 0.1) is 0 Å². The molecule has 0 spiro atoms. The van der Waals surface area contributed by atoms with E-state index < -0.39 is 0 Å². The van der Waals surface area contributed by atoms with E-state index in [0.29, 0.717) is 17.5 Å². The molecule has 0 atom stereocenters. The molecule has 8 rings (SSSR count). The van der Waals surface area contributed by atoms with E-state index >= 15 is 0 Å². The van der Waals surface area contributed by atoms with Crippen LogP contribution >= 0.6 is 0 Å². The van der Waals surface area contributed by atoms with Crippen LogP contribution in [0.5, 0.6) is 0 Å². The Morgan fingerprint density at radius 3 is 1.62 bits per heavy atom. The lowest BCUT2D eigenvalue weighted by atomic mass is 9.99. The molecule has 8 aromatic rings. The molecular weight excluding hydrogens is 590 g/mol. The summed E-state index contributed by atoms with van der Waals surface area (Å²) in [6.45, 7) is 0. The third-order valence-corrected chi connectivity index (χ3v) is 8.86. The highest BCUT2D eigenvalue weighted by Crippen LogP contribution is 2.34. The molecule has 0 aliphatic heterocycles. The minimum absolute atomic E-state index is 0.0595. The van der Waals surface area contributed by atoms with Gasteiger partial charge in [0.25, 0.3) is 0 Å². The molecule has 0 amide bonds. The summed E-state index contributed by atoms with van der Waals surface area (Å²) >= 11 is 0. The molecule has 0 aliphatic carbocycles. The number of aromatic nitrogens is 5. The van der Waals surface area contributed by atoms with Crippen molar-refractivity contribution in [2.24, 2.45) is 14.1 Å². The summed E-state index contributed by atoms with van der Waals surface area (Å²) in [5, 5.41) is 0. The van der Waals surface area contributed by atoms with E-state index in [9.17, 15) is 4.79 Å². The second kappa shape index (κ2) is 12.1. The fourth-order valence-corrected chi connectivity index (χ4v) is 6.38. The maximum Gasteiger partial charge on any atom is 0.328 e. The van der Waals surface area contributed by atoms with Crippen LogP contribution in [0.2, 0.25) is 0 Å². The van der Waals surface area contributed by atoms with E-state index in [1.54, 1.807) is 16.2 Å². The summed E-state index contributed by atoms with van der Waals surface area (Å²) in [6, 6.07) is 51.4. The molecule has 0 unspecified atom stereocenters. The number of hydrogen-bond acceptors (Lipinski definition) is 4. The van der Waals surface area contributed by atoms with Gasteiger partial charge >= 0.3 is 5.69 Å². The molecule has 0 saturated heterocycles. The first-order valence-corrected chi connectivity index (χ1v) is 15.9. The Labute approximate surface area is 278 Å². The monoisotopic (exact) mass is 621 g/mol. The number of imidazole rings is 1. The van der Waals surface area contributed by atoms with Crippen molar-refractivity contribution >= 4 is 11.0 Å². The summed E-state index contributed by atoms with van der Waals surface area (Å²) in [7, 11) is 3.62. The summed E-state index contributed by atoms with van der Waals surface area (Å²) < 4.78 is 3.39. The van der Waals surface area contributed by atoms with Gasteiger partial charge in [0.15, 0.2) is 17.5 Å². The highest BCUT2D eigenvalue weighted by atomic mass is 16.1. The molecule has 2 heterocycles. The van der Waals surface area contributed by atoms with Crippen LogP contribution in [0.25, 0.3) is 78.6 Å². The number of rotatable bonds is 6. The largest absolute Gasteiger partial charge is 0.328 e. The average molecular weight is 622 g/mol. The van der Waals surface area contributed by atoms with Crippen molar-refractivity contribution < 1.29 is 0 Å². The lowest BCUT2D eigenvalue weighted by Crippen LogP contribution is -2.19. The highest BCUT2D eigenvalue weighted by Gasteiger charge is 2.18. The van der Waals surface area contributed by atoms with Crippen LogP contribution < -0.4 is 5.69 Å². The standard InChI is InChI=1S/C42H31N5O/c1-46-37-22-12-21-35(38(37)47(2)42(46)48)32-17-11-18-33(27-32)40-43-39(31-25-23-29(24-26-31)28-13-5-3-6-14-28)44-41(45-40)36-20-10-9-19-34(36)30-15-7-4-8-16-30/h3-27H,1-2H3. The molecule has 6 aromatic carbocycles. The van der Waals surface area contributed by atoms with Crippen molar-refractivity contribution in [3.8, 4) is 67.5 Å². The zero-order valence-corrected chi connectivity index (χ0v) is 26.6. The van der Waals surface area contributed by atoms with Crippen molar-refractivity contribution in [3.63, 3.8) is 0 Å². The molecular formula is C42H31N5O. The van der Waals surface area contributed by atoms with E-state index in [1.165, 1.54) is 0 Å². The summed E-state index contributed by atoms with van der Waals surface area (Å²) in [4.78, 5) is 28.1. The Bertz CT molecular complexity index is 2480. The van der Waals surface area contributed by atoms with Crippen LogP contribution in [0.15, 0.2) is 156 Å². The van der Waals surface area contributed by atoms with Crippen molar-refractivity contribution in [2.75, 3.05) is 0 Å². The van der Waals surface area contributed by atoms with Crippen LogP contribution in [0.1, 0.15) is 0 Å². The van der Waals surface area contributed by atoms with Gasteiger partial charge in [-0.1, -0.05) is 140 Å². The second-order valence-electron chi connectivity index (χ2n) is 11.8. The van der Waals surface area contributed by atoms with Crippen molar-refractivity contribution in [1.82, 2.24) is 24.1 Å². The van der Waals surface area contributed by atoms with Gasteiger partial charge in [-0.25, -0.2) is 19.7 Å². The maximum absolute atomic E-state index is 12.8. The number of aryl methyl sites for hydroxylation is 2. The van der Waals surface area contributed by atoms with Gasteiger partial charge in [-0.2, -0.15) is 0 Å². The Hall–Kier alpha value is -6.40.